The molecule has 19 heavy (non-hydrogen) atoms. The van der Waals surface area contributed by atoms with Crippen molar-refractivity contribution in [3.63, 3.8) is 0 Å². The maximum atomic E-state index is 13.1. The number of aryl methyl sites for hydroxylation is 1. The van der Waals surface area contributed by atoms with Crippen molar-refractivity contribution in [3.05, 3.63) is 35.1 Å². The highest BCUT2D eigenvalue weighted by molar-refractivity contribution is 5.27. The Hall–Kier alpha value is -0.930. The van der Waals surface area contributed by atoms with Crippen molar-refractivity contribution in [2.24, 2.45) is 0 Å². The average molecular weight is 267 g/mol. The topological polar surface area (TPSA) is 21.3 Å². The normalized spacial score (nSPS) is 12.6. The SMILES string of the molecule is CCCNC(CCCOC)Cc1ccc(F)cc1C. The van der Waals surface area contributed by atoms with Crippen LogP contribution in [0.4, 0.5) is 4.39 Å². The summed E-state index contributed by atoms with van der Waals surface area (Å²) in [5.41, 5.74) is 2.27. The summed E-state index contributed by atoms with van der Waals surface area (Å²) in [6.45, 7) is 5.97. The first-order chi connectivity index (χ1) is 9.17. The molecule has 0 bridgehead atoms. The van der Waals surface area contributed by atoms with Crippen molar-refractivity contribution in [2.75, 3.05) is 20.3 Å². The van der Waals surface area contributed by atoms with Gasteiger partial charge >= 0.3 is 0 Å². The van der Waals surface area contributed by atoms with E-state index in [-0.39, 0.29) is 5.82 Å². The summed E-state index contributed by atoms with van der Waals surface area (Å²) in [5.74, 6) is -0.154. The summed E-state index contributed by atoms with van der Waals surface area (Å²) in [7, 11) is 1.73. The molecule has 0 spiro atoms. The number of hydrogen-bond donors (Lipinski definition) is 1. The van der Waals surface area contributed by atoms with E-state index in [4.69, 9.17) is 4.74 Å². The van der Waals surface area contributed by atoms with Gasteiger partial charge in [0.1, 0.15) is 5.82 Å². The van der Waals surface area contributed by atoms with Gasteiger partial charge in [-0.15, -0.1) is 0 Å². The van der Waals surface area contributed by atoms with Crippen LogP contribution in [0.2, 0.25) is 0 Å². The molecule has 0 aliphatic rings. The summed E-state index contributed by atoms with van der Waals surface area (Å²) in [5, 5.41) is 3.57. The number of ether oxygens (including phenoxy) is 1. The second-order valence-corrected chi connectivity index (χ2v) is 5.06. The van der Waals surface area contributed by atoms with Gasteiger partial charge in [0.25, 0.3) is 0 Å². The molecular formula is C16H26FNO. The lowest BCUT2D eigenvalue weighted by atomic mass is 9.98. The Morgan fingerprint density at radius 2 is 2.16 bits per heavy atom. The molecular weight excluding hydrogens is 241 g/mol. The van der Waals surface area contributed by atoms with E-state index < -0.39 is 0 Å². The van der Waals surface area contributed by atoms with E-state index in [0.717, 1.165) is 44.4 Å². The zero-order chi connectivity index (χ0) is 14.1. The van der Waals surface area contributed by atoms with E-state index >= 15 is 0 Å². The summed E-state index contributed by atoms with van der Waals surface area (Å²) < 4.78 is 18.2. The van der Waals surface area contributed by atoms with Crippen LogP contribution in [-0.2, 0) is 11.2 Å². The van der Waals surface area contributed by atoms with Gasteiger partial charge in [-0.1, -0.05) is 13.0 Å². The zero-order valence-corrected chi connectivity index (χ0v) is 12.3. The molecule has 0 saturated carbocycles. The van der Waals surface area contributed by atoms with Crippen molar-refractivity contribution in [1.82, 2.24) is 5.32 Å². The maximum Gasteiger partial charge on any atom is 0.123 e. The van der Waals surface area contributed by atoms with Crippen molar-refractivity contribution in [1.29, 1.82) is 0 Å². The Bertz CT molecular complexity index is 368. The van der Waals surface area contributed by atoms with Crippen LogP contribution in [-0.4, -0.2) is 26.3 Å². The quantitative estimate of drug-likeness (QED) is 0.692. The van der Waals surface area contributed by atoms with Gasteiger partial charge in [0.2, 0.25) is 0 Å². The Morgan fingerprint density at radius 1 is 1.37 bits per heavy atom. The third-order valence-electron chi connectivity index (χ3n) is 3.36. The number of nitrogens with one attached hydrogen (secondary N) is 1. The van der Waals surface area contributed by atoms with Crippen molar-refractivity contribution >= 4 is 0 Å². The lowest BCUT2D eigenvalue weighted by molar-refractivity contribution is 0.188. The van der Waals surface area contributed by atoms with Crippen LogP contribution in [0.5, 0.6) is 0 Å². The minimum absolute atomic E-state index is 0.154. The van der Waals surface area contributed by atoms with Crippen molar-refractivity contribution in [2.45, 2.75) is 45.6 Å². The zero-order valence-electron chi connectivity index (χ0n) is 12.3. The lowest BCUT2D eigenvalue weighted by Gasteiger charge is -2.19. The summed E-state index contributed by atoms with van der Waals surface area (Å²) >= 11 is 0. The molecule has 2 nitrogen and oxygen atoms in total. The molecule has 0 saturated heterocycles. The van der Waals surface area contributed by atoms with Gasteiger partial charge in [0.15, 0.2) is 0 Å². The fourth-order valence-electron chi connectivity index (χ4n) is 2.25. The molecule has 0 heterocycles. The molecule has 0 aliphatic heterocycles. The molecule has 1 aromatic carbocycles. The van der Waals surface area contributed by atoms with Gasteiger partial charge < -0.3 is 10.1 Å². The summed E-state index contributed by atoms with van der Waals surface area (Å²) in [6, 6.07) is 5.51. The van der Waals surface area contributed by atoms with Gasteiger partial charge in [-0.25, -0.2) is 4.39 Å². The van der Waals surface area contributed by atoms with Crippen LogP contribution in [0, 0.1) is 12.7 Å². The fourth-order valence-corrected chi connectivity index (χ4v) is 2.25. The van der Waals surface area contributed by atoms with Crippen LogP contribution in [0.15, 0.2) is 18.2 Å². The Kier molecular flexibility index (Phi) is 7.68. The first kappa shape index (κ1) is 16.1. The molecule has 0 aliphatic carbocycles. The molecule has 1 unspecified atom stereocenters. The largest absolute Gasteiger partial charge is 0.385 e. The van der Waals surface area contributed by atoms with Crippen LogP contribution in [0.1, 0.15) is 37.3 Å². The predicted molar refractivity (Wildman–Crippen MR) is 78.0 cm³/mol. The molecule has 1 N–H and O–H groups in total. The number of halogens is 1. The standard InChI is InChI=1S/C16H26FNO/c1-4-9-18-16(6-5-10-19-3)12-14-7-8-15(17)11-13(14)2/h7-8,11,16,18H,4-6,9-10,12H2,1-3H3. The number of benzene rings is 1. The molecule has 1 rings (SSSR count). The van der Waals surface area contributed by atoms with Crippen LogP contribution < -0.4 is 5.32 Å². The first-order valence-electron chi connectivity index (χ1n) is 7.14. The van der Waals surface area contributed by atoms with E-state index in [1.165, 1.54) is 5.56 Å². The smallest absolute Gasteiger partial charge is 0.123 e. The first-order valence-corrected chi connectivity index (χ1v) is 7.14. The Balaban J connectivity index is 2.58. The molecule has 1 atom stereocenters. The van der Waals surface area contributed by atoms with Crippen LogP contribution in [0.3, 0.4) is 0 Å². The van der Waals surface area contributed by atoms with E-state index in [1.54, 1.807) is 19.2 Å². The van der Waals surface area contributed by atoms with Gasteiger partial charge in [-0.05, 0) is 62.4 Å². The Labute approximate surface area is 116 Å². The van der Waals surface area contributed by atoms with Gasteiger partial charge in [-0.3, -0.25) is 0 Å². The molecule has 0 aromatic heterocycles. The third-order valence-corrected chi connectivity index (χ3v) is 3.36. The average Bonchev–Trinajstić information content (AvgIpc) is 2.39. The van der Waals surface area contributed by atoms with Crippen molar-refractivity contribution < 1.29 is 9.13 Å². The second kappa shape index (κ2) is 9.05. The second-order valence-electron chi connectivity index (χ2n) is 5.06. The summed E-state index contributed by atoms with van der Waals surface area (Å²) in [6.07, 6.45) is 4.22. The highest BCUT2D eigenvalue weighted by Gasteiger charge is 2.10. The third kappa shape index (κ3) is 6.17. The summed E-state index contributed by atoms with van der Waals surface area (Å²) in [4.78, 5) is 0. The van der Waals surface area contributed by atoms with E-state index in [0.29, 0.717) is 6.04 Å². The predicted octanol–water partition coefficient (Wildman–Crippen LogP) is 3.47. The van der Waals surface area contributed by atoms with Crippen molar-refractivity contribution in [3.8, 4) is 0 Å². The maximum absolute atomic E-state index is 13.1. The molecule has 0 radical (unpaired) electrons. The molecule has 108 valence electrons. The van der Waals surface area contributed by atoms with Crippen LogP contribution in [0.25, 0.3) is 0 Å². The number of methoxy groups -OCH3 is 1. The number of rotatable bonds is 9. The fraction of sp³-hybridized carbons (Fsp3) is 0.625. The number of hydrogen-bond acceptors (Lipinski definition) is 2. The van der Waals surface area contributed by atoms with E-state index in [2.05, 4.69) is 12.2 Å². The monoisotopic (exact) mass is 267 g/mol. The highest BCUT2D eigenvalue weighted by atomic mass is 19.1. The lowest BCUT2D eigenvalue weighted by Crippen LogP contribution is -2.32. The molecule has 1 aromatic rings. The van der Waals surface area contributed by atoms with Crippen LogP contribution >= 0.6 is 0 Å². The highest BCUT2D eigenvalue weighted by Crippen LogP contribution is 2.14. The van der Waals surface area contributed by atoms with Gasteiger partial charge in [0.05, 0.1) is 0 Å². The molecule has 0 amide bonds. The van der Waals surface area contributed by atoms with E-state index in [9.17, 15) is 4.39 Å². The minimum atomic E-state index is -0.154. The Morgan fingerprint density at radius 3 is 2.79 bits per heavy atom. The van der Waals surface area contributed by atoms with Gasteiger partial charge in [-0.2, -0.15) is 0 Å². The molecule has 3 heteroatoms. The molecule has 0 fully saturated rings. The van der Waals surface area contributed by atoms with E-state index in [1.807, 2.05) is 13.0 Å². The van der Waals surface area contributed by atoms with Gasteiger partial charge in [0, 0.05) is 19.8 Å². The minimum Gasteiger partial charge on any atom is -0.385 e.